The molecular formula is C12H17N5O. The van der Waals surface area contributed by atoms with Crippen LogP contribution >= 0.6 is 0 Å². The molecule has 0 fully saturated rings. The Bertz CT molecular complexity index is 470. The summed E-state index contributed by atoms with van der Waals surface area (Å²) in [5, 5.41) is 7.29. The van der Waals surface area contributed by atoms with Gasteiger partial charge in [-0.15, -0.1) is 0 Å². The summed E-state index contributed by atoms with van der Waals surface area (Å²) in [5.41, 5.74) is 0.675. The lowest BCUT2D eigenvalue weighted by Gasteiger charge is -2.09. The molecule has 2 aromatic heterocycles. The maximum absolute atomic E-state index is 5.21. The zero-order valence-electron chi connectivity index (χ0n) is 10.6. The summed E-state index contributed by atoms with van der Waals surface area (Å²) in [5.74, 6) is 1.13. The van der Waals surface area contributed by atoms with E-state index < -0.39 is 0 Å². The Kier molecular flexibility index (Phi) is 4.35. The number of hydrogen-bond acceptors (Lipinski definition) is 6. The maximum Gasteiger partial charge on any atom is 0.228 e. The third-order valence-corrected chi connectivity index (χ3v) is 2.50. The van der Waals surface area contributed by atoms with Gasteiger partial charge in [-0.05, 0) is 26.0 Å². The third kappa shape index (κ3) is 3.33. The van der Waals surface area contributed by atoms with Gasteiger partial charge in [0, 0.05) is 18.7 Å². The number of nitrogens with one attached hydrogen (secondary N) is 1. The minimum atomic E-state index is 0.323. The Morgan fingerprint density at radius 2 is 2.33 bits per heavy atom. The van der Waals surface area contributed by atoms with E-state index in [1.807, 2.05) is 0 Å². The molecule has 2 heterocycles. The fraction of sp³-hybridized carbons (Fsp3) is 0.500. The molecule has 0 saturated carbocycles. The van der Waals surface area contributed by atoms with Gasteiger partial charge in [-0.1, -0.05) is 12.1 Å². The molecule has 0 bridgehead atoms. The molecular weight excluding hydrogens is 230 g/mol. The van der Waals surface area contributed by atoms with Crippen LogP contribution in [0.25, 0.3) is 11.5 Å². The Labute approximate surface area is 106 Å². The highest BCUT2D eigenvalue weighted by Gasteiger charge is 2.12. The summed E-state index contributed by atoms with van der Waals surface area (Å²) >= 11 is 0. The summed E-state index contributed by atoms with van der Waals surface area (Å²) in [4.78, 5) is 12.3. The van der Waals surface area contributed by atoms with Crippen LogP contribution in [0.1, 0.15) is 26.2 Å². The zero-order valence-corrected chi connectivity index (χ0v) is 10.6. The van der Waals surface area contributed by atoms with Gasteiger partial charge < -0.3 is 9.84 Å². The van der Waals surface area contributed by atoms with Gasteiger partial charge in [-0.2, -0.15) is 4.98 Å². The molecule has 1 unspecified atom stereocenters. The number of hydrogen-bond donors (Lipinski definition) is 1. The van der Waals surface area contributed by atoms with E-state index >= 15 is 0 Å². The van der Waals surface area contributed by atoms with Crippen molar-refractivity contribution in [1.82, 2.24) is 25.4 Å². The second-order valence-corrected chi connectivity index (χ2v) is 4.17. The maximum atomic E-state index is 5.21. The topological polar surface area (TPSA) is 76.7 Å². The molecule has 0 aliphatic heterocycles. The quantitative estimate of drug-likeness (QED) is 0.832. The summed E-state index contributed by atoms with van der Waals surface area (Å²) in [6.07, 6.45) is 4.96. The summed E-state index contributed by atoms with van der Waals surface area (Å²) in [6, 6.07) is 2.08. The van der Waals surface area contributed by atoms with Crippen molar-refractivity contribution < 1.29 is 4.52 Å². The van der Waals surface area contributed by atoms with Gasteiger partial charge in [0.25, 0.3) is 0 Å². The molecule has 18 heavy (non-hydrogen) atoms. The number of nitrogens with zero attached hydrogens (tertiary/aromatic N) is 4. The Morgan fingerprint density at radius 1 is 1.44 bits per heavy atom. The second kappa shape index (κ2) is 6.20. The molecule has 0 amide bonds. The van der Waals surface area contributed by atoms with Crippen LogP contribution in [0.15, 0.2) is 23.1 Å². The van der Waals surface area contributed by atoms with Crippen molar-refractivity contribution in [3.05, 3.63) is 24.5 Å². The lowest BCUT2D eigenvalue weighted by atomic mass is 10.2. The molecule has 2 rings (SSSR count). The second-order valence-electron chi connectivity index (χ2n) is 4.17. The van der Waals surface area contributed by atoms with E-state index in [1.165, 1.54) is 6.33 Å². The van der Waals surface area contributed by atoms with Crippen molar-refractivity contribution in [2.45, 2.75) is 32.7 Å². The van der Waals surface area contributed by atoms with Crippen LogP contribution < -0.4 is 5.32 Å². The molecule has 0 radical (unpaired) electrons. The van der Waals surface area contributed by atoms with Crippen molar-refractivity contribution >= 4 is 0 Å². The fourth-order valence-electron chi connectivity index (χ4n) is 1.59. The van der Waals surface area contributed by atoms with Crippen molar-refractivity contribution in [3.63, 3.8) is 0 Å². The summed E-state index contributed by atoms with van der Waals surface area (Å²) in [7, 11) is 0. The molecule has 2 aromatic rings. The molecule has 0 aromatic carbocycles. The lowest BCUT2D eigenvalue weighted by molar-refractivity contribution is 0.362. The monoisotopic (exact) mass is 247 g/mol. The first-order chi connectivity index (χ1) is 8.79. The average molecular weight is 247 g/mol. The van der Waals surface area contributed by atoms with Crippen molar-refractivity contribution in [3.8, 4) is 11.5 Å². The predicted molar refractivity (Wildman–Crippen MR) is 66.8 cm³/mol. The minimum Gasteiger partial charge on any atom is -0.339 e. The van der Waals surface area contributed by atoms with Crippen LogP contribution in [-0.4, -0.2) is 32.7 Å². The van der Waals surface area contributed by atoms with Gasteiger partial charge in [0.1, 0.15) is 12.0 Å². The normalized spacial score (nSPS) is 12.6. The van der Waals surface area contributed by atoms with Crippen molar-refractivity contribution in [1.29, 1.82) is 0 Å². The highest BCUT2D eigenvalue weighted by molar-refractivity contribution is 5.46. The van der Waals surface area contributed by atoms with Crippen LogP contribution in [0.2, 0.25) is 0 Å². The SMILES string of the molecule is CCCNC(C)Cc1nc(-c2ccncn2)no1. The Balaban J connectivity index is 1.98. The van der Waals surface area contributed by atoms with E-state index in [0.29, 0.717) is 23.5 Å². The molecule has 0 spiro atoms. The molecule has 6 nitrogen and oxygen atoms in total. The van der Waals surface area contributed by atoms with Crippen molar-refractivity contribution in [2.24, 2.45) is 0 Å². The van der Waals surface area contributed by atoms with Gasteiger partial charge in [-0.25, -0.2) is 9.97 Å². The molecule has 0 aliphatic carbocycles. The standard InChI is InChI=1S/C12H17N5O/c1-3-5-14-9(2)7-11-16-12(17-18-11)10-4-6-13-8-15-10/h4,6,8-9,14H,3,5,7H2,1-2H3. The minimum absolute atomic E-state index is 0.323. The largest absolute Gasteiger partial charge is 0.339 e. The van der Waals surface area contributed by atoms with Gasteiger partial charge >= 0.3 is 0 Å². The van der Waals surface area contributed by atoms with E-state index in [1.54, 1.807) is 12.3 Å². The van der Waals surface area contributed by atoms with Crippen LogP contribution in [0, 0.1) is 0 Å². The van der Waals surface area contributed by atoms with E-state index in [0.717, 1.165) is 19.4 Å². The van der Waals surface area contributed by atoms with Crippen LogP contribution in [-0.2, 0) is 6.42 Å². The molecule has 1 N–H and O–H groups in total. The van der Waals surface area contributed by atoms with Crippen LogP contribution in [0.4, 0.5) is 0 Å². The first kappa shape index (κ1) is 12.6. The van der Waals surface area contributed by atoms with Gasteiger partial charge in [-0.3, -0.25) is 0 Å². The molecule has 0 aliphatic rings. The zero-order chi connectivity index (χ0) is 12.8. The Morgan fingerprint density at radius 3 is 3.06 bits per heavy atom. The third-order valence-electron chi connectivity index (χ3n) is 2.50. The molecule has 1 atom stereocenters. The van der Waals surface area contributed by atoms with E-state index in [-0.39, 0.29) is 0 Å². The highest BCUT2D eigenvalue weighted by atomic mass is 16.5. The summed E-state index contributed by atoms with van der Waals surface area (Å²) in [6.45, 7) is 5.23. The number of aromatic nitrogens is 4. The van der Waals surface area contributed by atoms with Gasteiger partial charge in [0.05, 0.1) is 0 Å². The van der Waals surface area contributed by atoms with Crippen LogP contribution in [0.5, 0.6) is 0 Å². The fourth-order valence-corrected chi connectivity index (χ4v) is 1.59. The van der Waals surface area contributed by atoms with E-state index in [2.05, 4.69) is 39.3 Å². The molecule has 0 saturated heterocycles. The van der Waals surface area contributed by atoms with Gasteiger partial charge in [0.15, 0.2) is 0 Å². The highest BCUT2D eigenvalue weighted by Crippen LogP contribution is 2.12. The molecule has 6 heteroatoms. The first-order valence-corrected chi connectivity index (χ1v) is 6.12. The van der Waals surface area contributed by atoms with E-state index in [4.69, 9.17) is 4.52 Å². The van der Waals surface area contributed by atoms with Crippen LogP contribution in [0.3, 0.4) is 0 Å². The Hall–Kier alpha value is -1.82. The van der Waals surface area contributed by atoms with Crippen molar-refractivity contribution in [2.75, 3.05) is 6.54 Å². The first-order valence-electron chi connectivity index (χ1n) is 6.12. The van der Waals surface area contributed by atoms with Gasteiger partial charge in [0.2, 0.25) is 11.7 Å². The molecule has 96 valence electrons. The number of rotatable bonds is 6. The smallest absolute Gasteiger partial charge is 0.228 e. The lowest BCUT2D eigenvalue weighted by Crippen LogP contribution is -2.28. The summed E-state index contributed by atoms with van der Waals surface area (Å²) < 4.78 is 5.21. The predicted octanol–water partition coefficient (Wildman–Crippen LogP) is 1.46. The average Bonchev–Trinajstić information content (AvgIpc) is 2.86. The van der Waals surface area contributed by atoms with E-state index in [9.17, 15) is 0 Å².